The van der Waals surface area contributed by atoms with Crippen LogP contribution in [0.2, 0.25) is 0 Å². The average molecular weight is 560 g/mol. The molecule has 10 nitrogen and oxygen atoms in total. The van der Waals surface area contributed by atoms with Crippen molar-refractivity contribution < 1.29 is 14.4 Å². The van der Waals surface area contributed by atoms with E-state index in [4.69, 9.17) is 9.98 Å². The predicted molar refractivity (Wildman–Crippen MR) is 158 cm³/mol. The Labute approximate surface area is 241 Å². The van der Waals surface area contributed by atoms with Gasteiger partial charge in [-0.1, -0.05) is 62.8 Å². The molecule has 3 heterocycles. The third-order valence-electron chi connectivity index (χ3n) is 9.15. The quantitative estimate of drug-likeness (QED) is 0.519. The van der Waals surface area contributed by atoms with Crippen LogP contribution in [0.15, 0.2) is 40.3 Å². The van der Waals surface area contributed by atoms with E-state index in [2.05, 4.69) is 10.7 Å². The molecular weight excluding hydrogens is 518 g/mol. The van der Waals surface area contributed by atoms with Crippen LogP contribution in [0.1, 0.15) is 82.3 Å². The number of hydrogen-bond donors (Lipinski definition) is 2. The number of carbonyl (C=O) groups is 3. The highest BCUT2D eigenvalue weighted by molar-refractivity contribution is 6.49. The van der Waals surface area contributed by atoms with Gasteiger partial charge in [0.1, 0.15) is 0 Å². The number of benzene rings is 1. The van der Waals surface area contributed by atoms with E-state index in [9.17, 15) is 14.4 Å². The number of imide groups is 1. The molecule has 4 fully saturated rings. The molecule has 2 aliphatic carbocycles. The van der Waals surface area contributed by atoms with Gasteiger partial charge in [-0.3, -0.25) is 24.8 Å². The highest BCUT2D eigenvalue weighted by atomic mass is 16.2. The van der Waals surface area contributed by atoms with Gasteiger partial charge in [0, 0.05) is 49.9 Å². The molecule has 0 bridgehead atoms. The molecule has 0 radical (unpaired) electrons. The summed E-state index contributed by atoms with van der Waals surface area (Å²) in [4.78, 5) is 53.5. The highest BCUT2D eigenvalue weighted by Gasteiger charge is 2.57. The molecule has 218 valence electrons. The highest BCUT2D eigenvalue weighted by Crippen LogP contribution is 2.40. The fraction of sp³-hybridized carbons (Fsp3) is 0.581. The lowest BCUT2D eigenvalue weighted by Crippen LogP contribution is -2.71. The van der Waals surface area contributed by atoms with Gasteiger partial charge in [0.15, 0.2) is 17.2 Å². The molecule has 2 saturated heterocycles. The molecule has 0 aromatic heterocycles. The Hall–Kier alpha value is -3.37. The molecule has 1 atom stereocenters. The van der Waals surface area contributed by atoms with Gasteiger partial charge >= 0.3 is 6.03 Å². The molecule has 1 aromatic rings. The lowest BCUT2D eigenvalue weighted by molar-refractivity contribution is -0.127. The summed E-state index contributed by atoms with van der Waals surface area (Å²) >= 11 is 0. The number of piperazine rings is 1. The monoisotopic (exact) mass is 559 g/mol. The van der Waals surface area contributed by atoms with Gasteiger partial charge in [-0.2, -0.15) is 0 Å². The zero-order valence-corrected chi connectivity index (χ0v) is 24.0. The minimum absolute atomic E-state index is 0.0496. The second-order valence-corrected chi connectivity index (χ2v) is 12.0. The fourth-order valence-electron chi connectivity index (χ4n) is 6.94. The molecule has 41 heavy (non-hydrogen) atoms. The van der Waals surface area contributed by atoms with Crippen LogP contribution in [0.25, 0.3) is 6.08 Å². The Bertz CT molecular complexity index is 1250. The summed E-state index contributed by atoms with van der Waals surface area (Å²) < 4.78 is 0. The van der Waals surface area contributed by atoms with Crippen molar-refractivity contribution >= 4 is 35.5 Å². The SMILES string of the molecule is CC12N=C(c3ccc(/C=C/C(=O)NN4CCNCC4)cc3)N=C1C(=O)N(C1CCCCC1)C(=O)N2C1CCCCC1. The second kappa shape index (κ2) is 11.9. The maximum atomic E-state index is 14.1. The van der Waals surface area contributed by atoms with Crippen LogP contribution >= 0.6 is 0 Å². The second-order valence-electron chi connectivity index (χ2n) is 12.0. The zero-order chi connectivity index (χ0) is 28.4. The minimum atomic E-state index is -1.10. The third-order valence-corrected chi connectivity index (χ3v) is 9.15. The van der Waals surface area contributed by atoms with Crippen molar-refractivity contribution in [2.75, 3.05) is 26.2 Å². The number of hydrogen-bond acceptors (Lipinski definition) is 7. The van der Waals surface area contributed by atoms with Crippen LogP contribution in [0, 0.1) is 0 Å². The lowest BCUT2D eigenvalue weighted by atomic mass is 9.88. The van der Waals surface area contributed by atoms with E-state index in [0.29, 0.717) is 11.5 Å². The van der Waals surface area contributed by atoms with Gasteiger partial charge in [0.05, 0.1) is 0 Å². The van der Waals surface area contributed by atoms with Crippen LogP contribution < -0.4 is 10.7 Å². The number of nitrogens with zero attached hydrogens (tertiary/aromatic N) is 5. The molecular formula is C31H41N7O3. The maximum Gasteiger partial charge on any atom is 0.329 e. The Morgan fingerprint density at radius 3 is 2.24 bits per heavy atom. The van der Waals surface area contributed by atoms with E-state index >= 15 is 0 Å². The summed E-state index contributed by atoms with van der Waals surface area (Å²) in [6, 6.07) is 7.43. The number of nitrogens with one attached hydrogen (secondary N) is 2. The Morgan fingerprint density at radius 1 is 0.951 bits per heavy atom. The van der Waals surface area contributed by atoms with Gasteiger partial charge in [-0.25, -0.2) is 19.8 Å². The summed E-state index contributed by atoms with van der Waals surface area (Å²) in [5.74, 6) is 0.0280. The van der Waals surface area contributed by atoms with Crippen LogP contribution in [0.4, 0.5) is 4.79 Å². The number of amides is 4. The van der Waals surface area contributed by atoms with Crippen molar-refractivity contribution in [3.8, 4) is 0 Å². The van der Waals surface area contributed by atoms with Crippen molar-refractivity contribution in [2.24, 2.45) is 9.98 Å². The van der Waals surface area contributed by atoms with Crippen LogP contribution in [0.3, 0.4) is 0 Å². The Kier molecular flexibility index (Phi) is 8.03. The molecule has 10 heteroatoms. The van der Waals surface area contributed by atoms with Crippen molar-refractivity contribution in [2.45, 2.75) is 88.9 Å². The number of carbonyl (C=O) groups excluding carboxylic acids is 3. The summed E-state index contributed by atoms with van der Waals surface area (Å²) in [5, 5.41) is 5.18. The number of aliphatic imine (C=N–C) groups is 2. The van der Waals surface area contributed by atoms with Crippen LogP contribution in [-0.4, -0.2) is 88.1 Å². The van der Waals surface area contributed by atoms with E-state index in [1.807, 2.05) is 41.1 Å². The molecule has 1 aromatic carbocycles. The topological polar surface area (TPSA) is 110 Å². The Balaban J connectivity index is 1.24. The van der Waals surface area contributed by atoms with Crippen LogP contribution in [-0.2, 0) is 9.59 Å². The van der Waals surface area contributed by atoms with E-state index in [1.165, 1.54) is 17.4 Å². The van der Waals surface area contributed by atoms with Gasteiger partial charge in [-0.15, -0.1) is 0 Å². The molecule has 6 rings (SSSR count). The summed E-state index contributed by atoms with van der Waals surface area (Å²) in [7, 11) is 0. The number of hydrazine groups is 1. The minimum Gasteiger partial charge on any atom is -0.314 e. The van der Waals surface area contributed by atoms with Gasteiger partial charge in [0.25, 0.3) is 11.8 Å². The normalized spacial score (nSPS) is 26.8. The summed E-state index contributed by atoms with van der Waals surface area (Å²) in [6.45, 7) is 5.16. The standard InChI is InChI=1S/C31H41N7O3/c1-31-27(29(40)37(24-8-4-2-5-9-24)30(41)38(31)25-10-6-3-7-11-25)33-28(34-31)23-15-12-22(13-16-23)14-17-26(39)35-36-20-18-32-19-21-36/h12-17,24-25,32H,2-11,18-21H2,1H3,(H,35,39)/b17-14+. The Morgan fingerprint density at radius 2 is 1.59 bits per heavy atom. The van der Waals surface area contributed by atoms with Crippen LogP contribution in [0.5, 0.6) is 0 Å². The average Bonchev–Trinajstić information content (AvgIpc) is 3.36. The first-order valence-corrected chi connectivity index (χ1v) is 15.3. The van der Waals surface area contributed by atoms with Gasteiger partial charge in [-0.05, 0) is 44.2 Å². The number of amidine groups is 1. The van der Waals surface area contributed by atoms with Crippen molar-refractivity contribution in [3.05, 3.63) is 41.5 Å². The molecule has 5 aliphatic rings. The molecule has 2 saturated carbocycles. The van der Waals surface area contributed by atoms with Crippen molar-refractivity contribution in [1.82, 2.24) is 25.6 Å². The molecule has 0 spiro atoms. The van der Waals surface area contributed by atoms with E-state index in [-0.39, 0.29) is 29.9 Å². The maximum absolute atomic E-state index is 14.1. The van der Waals surface area contributed by atoms with Gasteiger partial charge < -0.3 is 5.32 Å². The summed E-state index contributed by atoms with van der Waals surface area (Å²) in [5.41, 5.74) is 3.82. The first-order valence-electron chi connectivity index (χ1n) is 15.3. The van der Waals surface area contributed by atoms with E-state index in [1.54, 1.807) is 6.08 Å². The molecule has 4 amide bonds. The molecule has 2 N–H and O–H groups in total. The fourth-order valence-corrected chi connectivity index (χ4v) is 6.94. The predicted octanol–water partition coefficient (Wildman–Crippen LogP) is 3.48. The smallest absolute Gasteiger partial charge is 0.314 e. The molecule has 1 unspecified atom stereocenters. The number of fused-ring (bicyclic) bond motifs is 1. The third kappa shape index (κ3) is 5.59. The molecule has 3 aliphatic heterocycles. The van der Waals surface area contributed by atoms with E-state index in [0.717, 1.165) is 95.1 Å². The van der Waals surface area contributed by atoms with Crippen molar-refractivity contribution in [1.29, 1.82) is 0 Å². The largest absolute Gasteiger partial charge is 0.329 e. The summed E-state index contributed by atoms with van der Waals surface area (Å²) in [6.07, 6.45) is 13.4. The first kappa shape index (κ1) is 27.8. The lowest BCUT2D eigenvalue weighted by Gasteiger charge is -2.50. The number of urea groups is 1. The number of rotatable bonds is 6. The first-order chi connectivity index (χ1) is 19.9. The van der Waals surface area contributed by atoms with Crippen molar-refractivity contribution in [3.63, 3.8) is 0 Å². The van der Waals surface area contributed by atoms with Gasteiger partial charge in [0.2, 0.25) is 0 Å². The zero-order valence-electron chi connectivity index (χ0n) is 24.0. The van der Waals surface area contributed by atoms with E-state index < -0.39 is 5.66 Å².